The zero-order chi connectivity index (χ0) is 14.0. The summed E-state index contributed by atoms with van der Waals surface area (Å²) in [4.78, 5) is 16.0. The Bertz CT molecular complexity index is 606. The summed E-state index contributed by atoms with van der Waals surface area (Å²) < 4.78 is 1.99. The summed E-state index contributed by atoms with van der Waals surface area (Å²) in [5.41, 5.74) is 0.873. The topological polar surface area (TPSA) is 67.2 Å². The third-order valence-corrected chi connectivity index (χ3v) is 3.55. The number of aliphatic carboxylic acids is 1. The summed E-state index contributed by atoms with van der Waals surface area (Å²) in [5.74, 6) is 0.0405. The molecule has 0 aliphatic rings. The van der Waals surface area contributed by atoms with Crippen molar-refractivity contribution in [2.75, 3.05) is 7.05 Å². The van der Waals surface area contributed by atoms with Crippen LogP contribution < -0.4 is 5.32 Å². The van der Waals surface area contributed by atoms with Crippen LogP contribution in [-0.2, 0) is 17.8 Å². The number of aryl methyl sites for hydroxylation is 1. The molecule has 5 heteroatoms. The molecule has 102 valence electrons. The number of nitrogens with one attached hydrogen (secondary N) is 1. The number of carboxylic acid groups (broad SMARTS) is 1. The maximum Gasteiger partial charge on any atom is 0.325 e. The fourth-order valence-electron chi connectivity index (χ4n) is 2.14. The normalized spacial score (nSPS) is 14.5. The van der Waals surface area contributed by atoms with Crippen molar-refractivity contribution in [1.29, 1.82) is 0 Å². The van der Waals surface area contributed by atoms with Crippen LogP contribution >= 0.6 is 0 Å². The van der Waals surface area contributed by atoms with Crippen LogP contribution in [0, 0.1) is 0 Å². The molecule has 2 rings (SSSR count). The van der Waals surface area contributed by atoms with E-state index in [4.69, 9.17) is 0 Å². The van der Waals surface area contributed by atoms with Gasteiger partial charge >= 0.3 is 5.97 Å². The number of imidazole rings is 1. The van der Waals surface area contributed by atoms with Gasteiger partial charge in [-0.1, -0.05) is 19.1 Å². The minimum atomic E-state index is -1.01. The van der Waals surface area contributed by atoms with Gasteiger partial charge in [-0.2, -0.15) is 0 Å². The Balaban J connectivity index is 2.52. The number of nitrogens with zero attached hydrogens (tertiary/aromatic N) is 2. The number of carbonyl (C=O) groups is 1. The lowest BCUT2D eigenvalue weighted by Crippen LogP contribution is -2.51. The van der Waals surface area contributed by atoms with Crippen molar-refractivity contribution < 1.29 is 9.90 Å². The molecule has 0 amide bonds. The van der Waals surface area contributed by atoms with Gasteiger partial charge in [0.15, 0.2) is 0 Å². The molecule has 0 spiro atoms. The molecule has 1 heterocycles. The number of aromatic nitrogens is 2. The summed E-state index contributed by atoms with van der Waals surface area (Å²) in [5, 5.41) is 12.3. The highest BCUT2D eigenvalue weighted by Crippen LogP contribution is 2.19. The maximum atomic E-state index is 11.4. The van der Waals surface area contributed by atoms with Crippen molar-refractivity contribution in [2.24, 2.45) is 0 Å². The van der Waals surface area contributed by atoms with E-state index in [1.807, 2.05) is 35.8 Å². The molecule has 1 aromatic heterocycles. The summed E-state index contributed by atoms with van der Waals surface area (Å²) >= 11 is 0. The molecule has 0 saturated heterocycles. The Morgan fingerprint density at radius 1 is 1.47 bits per heavy atom. The zero-order valence-electron chi connectivity index (χ0n) is 11.5. The highest BCUT2D eigenvalue weighted by atomic mass is 16.4. The first-order valence-electron chi connectivity index (χ1n) is 6.38. The Morgan fingerprint density at radius 3 is 2.74 bits per heavy atom. The number of fused-ring (bicyclic) bond motifs is 1. The zero-order valence-corrected chi connectivity index (χ0v) is 11.5. The van der Waals surface area contributed by atoms with Gasteiger partial charge in [-0.3, -0.25) is 4.79 Å². The first-order chi connectivity index (χ1) is 9.01. The first kappa shape index (κ1) is 13.5. The molecule has 0 aliphatic heterocycles. The van der Waals surface area contributed by atoms with Crippen molar-refractivity contribution in [3.8, 4) is 0 Å². The van der Waals surface area contributed by atoms with Crippen LogP contribution in [0.15, 0.2) is 24.3 Å². The Kier molecular flexibility index (Phi) is 3.57. The molecule has 0 radical (unpaired) electrons. The Labute approximate surface area is 112 Å². The molecule has 2 aromatic rings. The highest BCUT2D eigenvalue weighted by molar-refractivity contribution is 5.79. The molecule has 0 aliphatic carbocycles. The van der Waals surface area contributed by atoms with E-state index in [2.05, 4.69) is 10.3 Å². The fourth-order valence-corrected chi connectivity index (χ4v) is 2.14. The summed E-state index contributed by atoms with van der Waals surface area (Å²) in [7, 11) is 1.67. The van der Waals surface area contributed by atoms with Crippen molar-refractivity contribution in [2.45, 2.75) is 32.4 Å². The minimum Gasteiger partial charge on any atom is -0.480 e. The molecular weight excluding hydrogens is 242 g/mol. The van der Waals surface area contributed by atoms with E-state index >= 15 is 0 Å². The van der Waals surface area contributed by atoms with Gasteiger partial charge in [-0.15, -0.1) is 0 Å². The third kappa shape index (κ3) is 2.33. The molecule has 5 nitrogen and oxygen atoms in total. The van der Waals surface area contributed by atoms with Gasteiger partial charge in [0.25, 0.3) is 0 Å². The van der Waals surface area contributed by atoms with Gasteiger partial charge in [0.1, 0.15) is 11.4 Å². The molecule has 19 heavy (non-hydrogen) atoms. The van der Waals surface area contributed by atoms with Gasteiger partial charge in [0.05, 0.1) is 17.6 Å². The minimum absolute atomic E-state index is 0.350. The van der Waals surface area contributed by atoms with Crippen LogP contribution in [-0.4, -0.2) is 33.2 Å². The third-order valence-electron chi connectivity index (χ3n) is 3.55. The van der Waals surface area contributed by atoms with E-state index in [0.29, 0.717) is 6.54 Å². The quantitative estimate of drug-likeness (QED) is 0.859. The average Bonchev–Trinajstić information content (AvgIpc) is 2.76. The molecule has 0 fully saturated rings. The molecular formula is C14H19N3O2. The molecule has 1 atom stereocenters. The van der Waals surface area contributed by atoms with E-state index < -0.39 is 11.5 Å². The Hall–Kier alpha value is -1.88. The van der Waals surface area contributed by atoms with E-state index in [0.717, 1.165) is 23.3 Å². The highest BCUT2D eigenvalue weighted by Gasteiger charge is 2.32. The summed E-state index contributed by atoms with van der Waals surface area (Å²) in [6.45, 7) is 4.06. The average molecular weight is 261 g/mol. The van der Waals surface area contributed by atoms with Crippen LogP contribution in [0.1, 0.15) is 19.7 Å². The van der Waals surface area contributed by atoms with Crippen LogP contribution in [0.25, 0.3) is 11.0 Å². The predicted molar refractivity (Wildman–Crippen MR) is 74.2 cm³/mol. The van der Waals surface area contributed by atoms with E-state index in [9.17, 15) is 9.90 Å². The largest absolute Gasteiger partial charge is 0.480 e. The monoisotopic (exact) mass is 261 g/mol. The molecule has 1 aromatic carbocycles. The van der Waals surface area contributed by atoms with E-state index in [1.54, 1.807) is 14.0 Å². The van der Waals surface area contributed by atoms with Crippen molar-refractivity contribution >= 4 is 17.0 Å². The lowest BCUT2D eigenvalue weighted by atomic mass is 10.0. The standard InChI is InChI=1S/C14H19N3O2/c1-4-12-16-10-7-5-6-8-11(10)17(12)9-14(2,15-3)13(18)19/h5-8,15H,4,9H2,1-3H3,(H,18,19). The SMILES string of the molecule is CCc1nc2ccccc2n1CC(C)(NC)C(=O)O. The van der Waals surface area contributed by atoms with E-state index in [1.165, 1.54) is 0 Å². The number of rotatable bonds is 5. The molecule has 0 bridgehead atoms. The van der Waals surface area contributed by atoms with Crippen LogP contribution in [0.4, 0.5) is 0 Å². The van der Waals surface area contributed by atoms with Gasteiger partial charge in [0, 0.05) is 6.42 Å². The number of carboxylic acids is 1. The van der Waals surface area contributed by atoms with Gasteiger partial charge in [-0.25, -0.2) is 4.98 Å². The van der Waals surface area contributed by atoms with Gasteiger partial charge < -0.3 is 15.0 Å². The van der Waals surface area contributed by atoms with Crippen LogP contribution in [0.2, 0.25) is 0 Å². The van der Waals surface area contributed by atoms with Crippen LogP contribution in [0.3, 0.4) is 0 Å². The van der Waals surface area contributed by atoms with Crippen molar-refractivity contribution in [1.82, 2.24) is 14.9 Å². The summed E-state index contributed by atoms with van der Waals surface area (Å²) in [6, 6.07) is 7.80. The van der Waals surface area contributed by atoms with E-state index in [-0.39, 0.29) is 0 Å². The lowest BCUT2D eigenvalue weighted by molar-refractivity contribution is -0.144. The van der Waals surface area contributed by atoms with Crippen molar-refractivity contribution in [3.05, 3.63) is 30.1 Å². The smallest absolute Gasteiger partial charge is 0.325 e. The second-order valence-corrected chi connectivity index (χ2v) is 4.84. The first-order valence-corrected chi connectivity index (χ1v) is 6.38. The number of hydrogen-bond acceptors (Lipinski definition) is 3. The second-order valence-electron chi connectivity index (χ2n) is 4.84. The molecule has 1 unspecified atom stereocenters. The molecule has 0 saturated carbocycles. The number of para-hydroxylation sites is 2. The summed E-state index contributed by atoms with van der Waals surface area (Å²) in [6.07, 6.45) is 0.772. The number of likely N-dealkylation sites (N-methyl/N-ethyl adjacent to an activating group) is 1. The number of benzene rings is 1. The molecule has 2 N–H and O–H groups in total. The fraction of sp³-hybridized carbons (Fsp3) is 0.429. The van der Waals surface area contributed by atoms with Crippen molar-refractivity contribution in [3.63, 3.8) is 0 Å². The van der Waals surface area contributed by atoms with Gasteiger partial charge in [-0.05, 0) is 26.1 Å². The maximum absolute atomic E-state index is 11.4. The second kappa shape index (κ2) is 5.01. The van der Waals surface area contributed by atoms with Gasteiger partial charge in [0.2, 0.25) is 0 Å². The predicted octanol–water partition coefficient (Wildman–Crippen LogP) is 1.66. The van der Waals surface area contributed by atoms with Crippen LogP contribution in [0.5, 0.6) is 0 Å². The number of hydrogen-bond donors (Lipinski definition) is 2. The Morgan fingerprint density at radius 2 is 2.16 bits per heavy atom. The lowest BCUT2D eigenvalue weighted by Gasteiger charge is -2.25.